The Morgan fingerprint density at radius 3 is 3.17 bits per heavy atom. The molecule has 3 unspecified atom stereocenters. The molecule has 1 saturated heterocycles. The Morgan fingerprint density at radius 1 is 1.58 bits per heavy atom. The van der Waals surface area contributed by atoms with Gasteiger partial charge in [0.25, 0.3) is 0 Å². The van der Waals surface area contributed by atoms with E-state index in [1.165, 1.54) is 0 Å². The lowest BCUT2D eigenvalue weighted by Gasteiger charge is -2.14. The highest BCUT2D eigenvalue weighted by molar-refractivity contribution is 5.94. The van der Waals surface area contributed by atoms with Gasteiger partial charge in [-0.15, -0.1) is 0 Å². The van der Waals surface area contributed by atoms with Crippen LogP contribution >= 0.6 is 0 Å². The predicted octanol–water partition coefficient (Wildman–Crippen LogP) is 0.364. The third kappa shape index (κ3) is 0.547. The third-order valence-electron chi connectivity index (χ3n) is 2.90. The lowest BCUT2D eigenvalue weighted by atomic mass is 9.91. The monoisotopic (exact) mass is 164 g/mol. The number of hydrogen-bond acceptors (Lipinski definition) is 3. The smallest absolute Gasteiger partial charge is 0.337 e. The molecule has 1 aliphatic heterocycles. The predicted molar refractivity (Wildman–Crippen MR) is 39.9 cm³/mol. The molecule has 0 aromatic carbocycles. The number of aliphatic hydroxyl groups excluding tert-OH is 1. The third-order valence-corrected chi connectivity index (χ3v) is 2.90. The van der Waals surface area contributed by atoms with Gasteiger partial charge in [0.2, 0.25) is 6.29 Å². The summed E-state index contributed by atoms with van der Waals surface area (Å²) in [6.45, 7) is 0. The highest BCUT2D eigenvalue weighted by Crippen LogP contribution is 2.48. The molecule has 2 bridgehead atoms. The number of hydrogen-bond donors (Lipinski definition) is 1. The number of cyclic esters (lactones) is 1. The fourth-order valence-corrected chi connectivity index (χ4v) is 2.37. The molecule has 3 atom stereocenters. The number of carbonyl (C=O) groups excluding carboxylic acids is 1. The van der Waals surface area contributed by atoms with E-state index in [0.717, 1.165) is 17.6 Å². The van der Waals surface area contributed by atoms with E-state index in [1.807, 2.05) is 6.08 Å². The van der Waals surface area contributed by atoms with Crippen molar-refractivity contribution in [3.63, 3.8) is 0 Å². The Kier molecular flexibility index (Phi) is 0.964. The minimum atomic E-state index is -0.903. The normalized spacial score (nSPS) is 42.4. The second-order valence-electron chi connectivity index (χ2n) is 3.49. The molecule has 3 aliphatic rings. The molecule has 3 rings (SSSR count). The van der Waals surface area contributed by atoms with Gasteiger partial charge >= 0.3 is 5.97 Å². The van der Waals surface area contributed by atoms with E-state index in [-0.39, 0.29) is 11.9 Å². The molecule has 1 fully saturated rings. The summed E-state index contributed by atoms with van der Waals surface area (Å²) in [4.78, 5) is 11.2. The van der Waals surface area contributed by atoms with Crippen LogP contribution in [0, 0.1) is 11.8 Å². The summed E-state index contributed by atoms with van der Waals surface area (Å²) in [6, 6.07) is 0. The molecule has 2 aliphatic carbocycles. The molecule has 0 spiro atoms. The van der Waals surface area contributed by atoms with Crippen LogP contribution in [-0.4, -0.2) is 17.4 Å². The summed E-state index contributed by atoms with van der Waals surface area (Å²) in [7, 11) is 0. The van der Waals surface area contributed by atoms with Gasteiger partial charge in [0.05, 0.1) is 11.5 Å². The zero-order valence-electron chi connectivity index (χ0n) is 6.36. The standard InChI is InChI=1S/C9H8O3/c10-8-6-4-1-2-5(3-4)7(6)9(11)12-8/h1-2,4,6,8,10H,3H2. The van der Waals surface area contributed by atoms with Crippen LogP contribution in [0.1, 0.15) is 6.42 Å². The van der Waals surface area contributed by atoms with Crippen LogP contribution in [0.3, 0.4) is 0 Å². The van der Waals surface area contributed by atoms with Crippen molar-refractivity contribution in [3.05, 3.63) is 23.3 Å². The molecule has 0 saturated carbocycles. The van der Waals surface area contributed by atoms with Crippen molar-refractivity contribution in [2.24, 2.45) is 11.8 Å². The number of aliphatic hydroxyl groups is 1. The second-order valence-corrected chi connectivity index (χ2v) is 3.49. The Balaban J connectivity index is 2.17. The molecule has 62 valence electrons. The van der Waals surface area contributed by atoms with E-state index >= 15 is 0 Å². The van der Waals surface area contributed by atoms with Crippen molar-refractivity contribution in [3.8, 4) is 0 Å². The lowest BCUT2D eigenvalue weighted by Crippen LogP contribution is -2.20. The number of allylic oxidation sites excluding steroid dienone is 3. The summed E-state index contributed by atoms with van der Waals surface area (Å²) >= 11 is 0. The van der Waals surface area contributed by atoms with Crippen LogP contribution in [0.5, 0.6) is 0 Å². The maximum Gasteiger partial charge on any atom is 0.337 e. The fraction of sp³-hybridized carbons (Fsp3) is 0.444. The van der Waals surface area contributed by atoms with Crippen LogP contribution in [0.2, 0.25) is 0 Å². The summed E-state index contributed by atoms with van der Waals surface area (Å²) in [5, 5.41) is 9.38. The molecular weight excluding hydrogens is 156 g/mol. The number of rotatable bonds is 0. The van der Waals surface area contributed by atoms with Gasteiger partial charge in [0.15, 0.2) is 0 Å². The number of ether oxygens (including phenoxy) is 1. The molecule has 3 heteroatoms. The quantitative estimate of drug-likeness (QED) is 0.526. The molecule has 1 heterocycles. The van der Waals surface area contributed by atoms with Crippen LogP contribution in [0.25, 0.3) is 0 Å². The van der Waals surface area contributed by atoms with Crippen LogP contribution in [0.15, 0.2) is 23.3 Å². The van der Waals surface area contributed by atoms with Crippen LogP contribution in [-0.2, 0) is 9.53 Å². The average molecular weight is 164 g/mol. The van der Waals surface area contributed by atoms with Crippen LogP contribution in [0.4, 0.5) is 0 Å². The van der Waals surface area contributed by atoms with E-state index in [2.05, 4.69) is 6.08 Å². The molecule has 0 aromatic rings. The lowest BCUT2D eigenvalue weighted by molar-refractivity contribution is -0.156. The first-order valence-corrected chi connectivity index (χ1v) is 4.07. The summed E-state index contributed by atoms with van der Waals surface area (Å²) < 4.78 is 4.73. The molecule has 3 nitrogen and oxygen atoms in total. The minimum Gasteiger partial charge on any atom is -0.432 e. The van der Waals surface area contributed by atoms with Crippen molar-refractivity contribution in [1.29, 1.82) is 0 Å². The van der Waals surface area contributed by atoms with Crippen molar-refractivity contribution in [1.82, 2.24) is 0 Å². The first kappa shape index (κ1) is 6.43. The Labute approximate surface area is 69.3 Å². The van der Waals surface area contributed by atoms with Crippen molar-refractivity contribution in [2.45, 2.75) is 12.7 Å². The molecule has 12 heavy (non-hydrogen) atoms. The van der Waals surface area contributed by atoms with Gasteiger partial charge in [-0.25, -0.2) is 4.79 Å². The molecule has 0 radical (unpaired) electrons. The second kappa shape index (κ2) is 1.80. The SMILES string of the molecule is O=C1OC(O)C2C1=C1C=CC2C1. The zero-order valence-corrected chi connectivity index (χ0v) is 6.36. The first-order chi connectivity index (χ1) is 5.77. The highest BCUT2D eigenvalue weighted by atomic mass is 16.6. The van der Waals surface area contributed by atoms with E-state index < -0.39 is 6.29 Å². The summed E-state index contributed by atoms with van der Waals surface area (Å²) in [5.41, 5.74) is 1.78. The van der Waals surface area contributed by atoms with E-state index in [9.17, 15) is 9.90 Å². The van der Waals surface area contributed by atoms with E-state index in [4.69, 9.17) is 4.74 Å². The van der Waals surface area contributed by atoms with Gasteiger partial charge < -0.3 is 9.84 Å². The molecule has 1 N–H and O–H groups in total. The van der Waals surface area contributed by atoms with Crippen molar-refractivity contribution >= 4 is 5.97 Å². The maximum atomic E-state index is 11.2. The summed E-state index contributed by atoms with van der Waals surface area (Å²) in [5.74, 6) is -0.0942. The Hall–Kier alpha value is -1.09. The van der Waals surface area contributed by atoms with Crippen molar-refractivity contribution < 1.29 is 14.6 Å². The Morgan fingerprint density at radius 2 is 2.42 bits per heavy atom. The number of carbonyl (C=O) groups is 1. The van der Waals surface area contributed by atoms with Gasteiger partial charge in [0.1, 0.15) is 0 Å². The largest absolute Gasteiger partial charge is 0.432 e. The number of esters is 1. The molecular formula is C9H8O3. The fourth-order valence-electron chi connectivity index (χ4n) is 2.37. The first-order valence-electron chi connectivity index (χ1n) is 4.07. The van der Waals surface area contributed by atoms with E-state index in [0.29, 0.717) is 5.92 Å². The van der Waals surface area contributed by atoms with Gasteiger partial charge in [0, 0.05) is 0 Å². The zero-order chi connectivity index (χ0) is 8.29. The van der Waals surface area contributed by atoms with Gasteiger partial charge in [-0.05, 0) is 17.9 Å². The van der Waals surface area contributed by atoms with Crippen molar-refractivity contribution in [2.75, 3.05) is 0 Å². The maximum absolute atomic E-state index is 11.2. The van der Waals surface area contributed by atoms with Gasteiger partial charge in [-0.3, -0.25) is 0 Å². The summed E-state index contributed by atoms with van der Waals surface area (Å²) in [6.07, 6.45) is 4.02. The van der Waals surface area contributed by atoms with Crippen LogP contribution < -0.4 is 0 Å². The van der Waals surface area contributed by atoms with Gasteiger partial charge in [-0.2, -0.15) is 0 Å². The number of fused-ring (bicyclic) bond motifs is 4. The van der Waals surface area contributed by atoms with Gasteiger partial charge in [-0.1, -0.05) is 12.2 Å². The highest BCUT2D eigenvalue weighted by Gasteiger charge is 2.50. The topological polar surface area (TPSA) is 46.5 Å². The Bertz CT molecular complexity index is 327. The van der Waals surface area contributed by atoms with E-state index in [1.54, 1.807) is 0 Å². The minimum absolute atomic E-state index is 0.0718. The average Bonchev–Trinajstić information content (AvgIpc) is 2.64. The molecule has 0 aromatic heterocycles. The molecule has 0 amide bonds.